The molecule has 2 heterocycles. The predicted molar refractivity (Wildman–Crippen MR) is 117 cm³/mol. The molecule has 1 N–H and O–H groups in total. The Kier molecular flexibility index (Phi) is 6.93. The van der Waals surface area contributed by atoms with E-state index in [4.69, 9.17) is 0 Å². The molecule has 1 aliphatic heterocycles. The summed E-state index contributed by atoms with van der Waals surface area (Å²) in [5.74, 6) is 0. The van der Waals surface area contributed by atoms with E-state index in [1.807, 2.05) is 0 Å². The number of amides is 1. The van der Waals surface area contributed by atoms with Gasteiger partial charge in [0.2, 0.25) is 20.0 Å². The van der Waals surface area contributed by atoms with Gasteiger partial charge in [0.1, 0.15) is 4.90 Å². The van der Waals surface area contributed by atoms with E-state index in [0.717, 1.165) is 0 Å². The maximum Gasteiger partial charge on any atom is 0.411 e. The Labute approximate surface area is 188 Å². The number of carbonyl (C=O) groups is 1. The number of ether oxygens (including phenoxy) is 1. The van der Waals surface area contributed by atoms with E-state index in [1.165, 1.54) is 44.7 Å². The molecule has 3 rings (SSSR count). The van der Waals surface area contributed by atoms with Crippen LogP contribution in [0.15, 0.2) is 34.1 Å². The molecule has 0 unspecified atom stereocenters. The van der Waals surface area contributed by atoms with Crippen molar-refractivity contribution in [3.63, 3.8) is 0 Å². The van der Waals surface area contributed by atoms with Crippen molar-refractivity contribution in [2.75, 3.05) is 38.6 Å². The molecule has 0 bridgehead atoms. The minimum atomic E-state index is -3.83. The first-order chi connectivity index (χ1) is 15.0. The van der Waals surface area contributed by atoms with Crippen LogP contribution in [0.1, 0.15) is 17.8 Å². The van der Waals surface area contributed by atoms with Crippen molar-refractivity contribution in [1.29, 1.82) is 0 Å². The van der Waals surface area contributed by atoms with Gasteiger partial charge in [-0.05, 0) is 44.5 Å². The molecule has 1 aromatic carbocycles. The Bertz CT molecular complexity index is 1210. The van der Waals surface area contributed by atoms with Crippen LogP contribution in [0.5, 0.6) is 0 Å². The number of aryl methyl sites for hydroxylation is 2. The number of nitrogens with one attached hydrogen (secondary N) is 1. The molecule has 0 aliphatic carbocycles. The number of anilines is 1. The Morgan fingerprint density at radius 3 is 2.03 bits per heavy atom. The molecule has 0 radical (unpaired) electrons. The molecule has 11 nitrogen and oxygen atoms in total. The van der Waals surface area contributed by atoms with Crippen LogP contribution in [0.25, 0.3) is 0 Å². The number of nitrogens with zero attached hydrogens (tertiary/aromatic N) is 4. The van der Waals surface area contributed by atoms with Gasteiger partial charge in [-0.2, -0.15) is 13.7 Å². The molecule has 1 aliphatic rings. The van der Waals surface area contributed by atoms with Gasteiger partial charge < -0.3 is 4.74 Å². The lowest BCUT2D eigenvalue weighted by molar-refractivity contribution is 0.187. The second kappa shape index (κ2) is 9.17. The first-order valence-electron chi connectivity index (χ1n) is 9.94. The summed E-state index contributed by atoms with van der Waals surface area (Å²) < 4.78 is 61.3. The van der Waals surface area contributed by atoms with Crippen molar-refractivity contribution < 1.29 is 26.4 Å². The molecule has 176 valence electrons. The van der Waals surface area contributed by atoms with E-state index in [1.54, 1.807) is 20.9 Å². The van der Waals surface area contributed by atoms with E-state index in [2.05, 4.69) is 15.2 Å². The van der Waals surface area contributed by atoms with Gasteiger partial charge in [0, 0.05) is 38.9 Å². The first-order valence-corrected chi connectivity index (χ1v) is 12.8. The fourth-order valence-electron chi connectivity index (χ4n) is 3.64. The molecular formula is C19H27N5O6S2. The van der Waals surface area contributed by atoms with Gasteiger partial charge in [0.15, 0.2) is 0 Å². The van der Waals surface area contributed by atoms with Gasteiger partial charge in [0.25, 0.3) is 0 Å². The summed E-state index contributed by atoms with van der Waals surface area (Å²) in [7, 11) is -4.72. The SMILES string of the molecule is COC(=O)Nc1ccc(S(=O)(=O)N2CCCN(S(=O)(=O)c3c(C)nn(C)c3C)CC2)cc1. The van der Waals surface area contributed by atoms with Crippen LogP contribution < -0.4 is 5.32 Å². The Balaban J connectivity index is 1.77. The second-order valence-corrected chi connectivity index (χ2v) is 11.2. The minimum absolute atomic E-state index is 0.0298. The van der Waals surface area contributed by atoms with Crippen molar-refractivity contribution in [1.82, 2.24) is 18.4 Å². The van der Waals surface area contributed by atoms with Gasteiger partial charge in [0.05, 0.1) is 23.4 Å². The van der Waals surface area contributed by atoms with Crippen molar-refractivity contribution in [3.05, 3.63) is 35.7 Å². The Morgan fingerprint density at radius 1 is 0.969 bits per heavy atom. The summed E-state index contributed by atoms with van der Waals surface area (Å²) in [5.41, 5.74) is 1.35. The van der Waals surface area contributed by atoms with Crippen LogP contribution in [-0.2, 0) is 31.8 Å². The molecular weight excluding hydrogens is 458 g/mol. The van der Waals surface area contributed by atoms with Gasteiger partial charge in [-0.15, -0.1) is 0 Å². The summed E-state index contributed by atoms with van der Waals surface area (Å²) >= 11 is 0. The van der Waals surface area contributed by atoms with Crippen LogP contribution in [0, 0.1) is 13.8 Å². The number of carbonyl (C=O) groups excluding carboxylic acids is 1. The lowest BCUT2D eigenvalue weighted by atomic mass is 10.3. The van der Waals surface area contributed by atoms with Crippen LogP contribution in [-0.4, -0.2) is 74.6 Å². The highest BCUT2D eigenvalue weighted by molar-refractivity contribution is 7.89. The molecule has 0 saturated carbocycles. The van der Waals surface area contributed by atoms with Crippen LogP contribution in [0.3, 0.4) is 0 Å². The van der Waals surface area contributed by atoms with Crippen LogP contribution in [0.2, 0.25) is 0 Å². The summed E-state index contributed by atoms with van der Waals surface area (Å²) in [6, 6.07) is 5.71. The lowest BCUT2D eigenvalue weighted by Gasteiger charge is -2.22. The van der Waals surface area contributed by atoms with Crippen LogP contribution in [0.4, 0.5) is 10.5 Å². The molecule has 2 aromatic rings. The molecule has 0 atom stereocenters. The smallest absolute Gasteiger partial charge is 0.411 e. The molecule has 13 heteroatoms. The number of sulfonamides is 2. The fraction of sp³-hybridized carbons (Fsp3) is 0.474. The minimum Gasteiger partial charge on any atom is -0.453 e. The zero-order valence-electron chi connectivity index (χ0n) is 18.4. The first kappa shape index (κ1) is 24.2. The van der Waals surface area contributed by atoms with Gasteiger partial charge in [-0.3, -0.25) is 10.00 Å². The largest absolute Gasteiger partial charge is 0.453 e. The van der Waals surface area contributed by atoms with E-state index < -0.39 is 26.1 Å². The average molecular weight is 486 g/mol. The van der Waals surface area contributed by atoms with Crippen molar-refractivity contribution in [2.24, 2.45) is 7.05 Å². The number of methoxy groups -OCH3 is 1. The van der Waals surface area contributed by atoms with Gasteiger partial charge in [-0.25, -0.2) is 21.6 Å². The third kappa shape index (κ3) is 4.65. The quantitative estimate of drug-likeness (QED) is 0.675. The number of aromatic nitrogens is 2. The Hall–Kier alpha value is -2.48. The highest BCUT2D eigenvalue weighted by Crippen LogP contribution is 2.26. The number of rotatable bonds is 5. The van der Waals surface area contributed by atoms with Gasteiger partial charge in [-0.1, -0.05) is 0 Å². The Morgan fingerprint density at radius 2 is 1.53 bits per heavy atom. The molecule has 1 saturated heterocycles. The monoisotopic (exact) mass is 485 g/mol. The van der Waals surface area contributed by atoms with Crippen molar-refractivity contribution in [3.8, 4) is 0 Å². The highest BCUT2D eigenvalue weighted by atomic mass is 32.2. The zero-order valence-corrected chi connectivity index (χ0v) is 20.0. The number of benzene rings is 1. The summed E-state index contributed by atoms with van der Waals surface area (Å²) in [6.07, 6.45) is -0.299. The van der Waals surface area contributed by atoms with E-state index in [9.17, 15) is 21.6 Å². The predicted octanol–water partition coefficient (Wildman–Crippen LogP) is 1.30. The average Bonchev–Trinajstić information content (AvgIpc) is 2.92. The highest BCUT2D eigenvalue weighted by Gasteiger charge is 2.34. The van der Waals surface area contributed by atoms with E-state index in [-0.39, 0.29) is 36.0 Å². The normalized spacial score (nSPS) is 16.5. The molecule has 32 heavy (non-hydrogen) atoms. The maximum atomic E-state index is 13.2. The third-order valence-electron chi connectivity index (χ3n) is 5.38. The second-order valence-electron chi connectivity index (χ2n) is 7.43. The number of hydrogen-bond acceptors (Lipinski definition) is 7. The van der Waals surface area contributed by atoms with Crippen molar-refractivity contribution in [2.45, 2.75) is 30.1 Å². The van der Waals surface area contributed by atoms with E-state index in [0.29, 0.717) is 23.5 Å². The molecule has 1 amide bonds. The fourth-order valence-corrected chi connectivity index (χ4v) is 6.97. The molecule has 1 fully saturated rings. The van der Waals surface area contributed by atoms with Crippen LogP contribution >= 0.6 is 0 Å². The maximum absolute atomic E-state index is 13.2. The van der Waals surface area contributed by atoms with Crippen molar-refractivity contribution >= 4 is 31.8 Å². The molecule has 0 spiro atoms. The molecule has 1 aromatic heterocycles. The summed E-state index contributed by atoms with van der Waals surface area (Å²) in [4.78, 5) is 11.5. The standard InChI is InChI=1S/C19H27N5O6S2/c1-14-18(15(2)22(3)21-14)32(28,29)24-11-5-10-23(12-13-24)31(26,27)17-8-6-16(7-9-17)20-19(25)30-4/h6-9H,5,10-13H2,1-4H3,(H,20,25). The van der Waals surface area contributed by atoms with E-state index >= 15 is 0 Å². The third-order valence-corrected chi connectivity index (χ3v) is 9.44. The lowest BCUT2D eigenvalue weighted by Crippen LogP contribution is -2.37. The number of hydrogen-bond donors (Lipinski definition) is 1. The summed E-state index contributed by atoms with van der Waals surface area (Å²) in [5, 5.41) is 6.65. The zero-order chi connectivity index (χ0) is 23.7. The topological polar surface area (TPSA) is 131 Å². The summed E-state index contributed by atoms with van der Waals surface area (Å²) in [6.45, 7) is 3.82. The van der Waals surface area contributed by atoms with Gasteiger partial charge >= 0.3 is 6.09 Å².